The summed E-state index contributed by atoms with van der Waals surface area (Å²) in [5, 5.41) is 15.1. The molecule has 0 bridgehead atoms. The molecule has 3 amide bonds. The van der Waals surface area contributed by atoms with Crippen LogP contribution in [0.5, 0.6) is 0 Å². The summed E-state index contributed by atoms with van der Waals surface area (Å²) in [5.41, 5.74) is 10.0. The largest absolute Gasteiger partial charge is 0.383 e. The molecule has 0 spiro atoms. The number of rotatable bonds is 16. The average molecular weight is 865 g/mol. The van der Waals surface area contributed by atoms with Crippen LogP contribution in [0.2, 0.25) is 0 Å². The number of anilines is 2. The van der Waals surface area contributed by atoms with Crippen molar-refractivity contribution in [3.63, 3.8) is 0 Å². The van der Waals surface area contributed by atoms with E-state index in [1.54, 1.807) is 0 Å². The zero-order valence-electron chi connectivity index (χ0n) is 35.8. The summed E-state index contributed by atoms with van der Waals surface area (Å²) in [6.07, 6.45) is 14.5. The van der Waals surface area contributed by atoms with Crippen molar-refractivity contribution in [2.24, 2.45) is 0 Å². The molecule has 1 aromatic carbocycles. The molecule has 16 nitrogen and oxygen atoms in total. The van der Waals surface area contributed by atoms with Gasteiger partial charge >= 0.3 is 0 Å². The number of piperidine rings is 2. The molecule has 0 radical (unpaired) electrons. The van der Waals surface area contributed by atoms with Crippen LogP contribution in [0.4, 0.5) is 20.3 Å². The standard InChI is InChI=1S/C45H54F2N12O4/c1-25(2)59-44-38(42(48)51-24-52-44)39(55-59)40-37(41(63-56-40)27-9-10-27)43-49-20-28(21-50-43)29-22-58(23-29)35(61)8-6-4-3-5-7-15-57-16-13-26(14-17-57)36-31(46)18-30(19-32(36)47)53-33-11-12-34(60)54-45(33)62/h18-21,24-27,29,33,53H,3-17,22-23H2,1-2H3,(H2,48,51,52)(H,54,60,62). The number of aromatic nitrogens is 7. The number of amides is 3. The lowest BCUT2D eigenvalue weighted by atomic mass is 9.88. The van der Waals surface area contributed by atoms with Crippen molar-refractivity contribution in [3.05, 3.63) is 59.4 Å². The van der Waals surface area contributed by atoms with E-state index in [4.69, 9.17) is 25.3 Å². The number of nitrogen functional groups attached to an aromatic ring is 1. The number of imide groups is 1. The van der Waals surface area contributed by atoms with Crippen LogP contribution in [0.25, 0.3) is 33.8 Å². The number of benzene rings is 1. The van der Waals surface area contributed by atoms with Gasteiger partial charge in [0, 0.05) is 67.5 Å². The third-order valence-electron chi connectivity index (χ3n) is 13.0. The van der Waals surface area contributed by atoms with Crippen molar-refractivity contribution in [2.75, 3.05) is 43.8 Å². The van der Waals surface area contributed by atoms with Crippen LogP contribution in [-0.4, -0.2) is 101 Å². The van der Waals surface area contributed by atoms with Gasteiger partial charge in [0.25, 0.3) is 0 Å². The summed E-state index contributed by atoms with van der Waals surface area (Å²) < 4.78 is 38.1. The fourth-order valence-corrected chi connectivity index (χ4v) is 9.23. The minimum atomic E-state index is -0.706. The summed E-state index contributed by atoms with van der Waals surface area (Å²) in [7, 11) is 0. The van der Waals surface area contributed by atoms with Crippen LogP contribution in [0.3, 0.4) is 0 Å². The topological polar surface area (TPSA) is 203 Å². The van der Waals surface area contributed by atoms with Crippen LogP contribution in [-0.2, 0) is 14.4 Å². The molecule has 1 aliphatic carbocycles. The van der Waals surface area contributed by atoms with Gasteiger partial charge in [-0.1, -0.05) is 24.4 Å². The number of likely N-dealkylation sites (tertiary alicyclic amines) is 2. The Hall–Kier alpha value is -5.91. The molecule has 9 rings (SSSR count). The van der Waals surface area contributed by atoms with Gasteiger partial charge in [-0.05, 0) is 102 Å². The van der Waals surface area contributed by atoms with Gasteiger partial charge in [0.15, 0.2) is 17.2 Å². The molecule has 3 saturated heterocycles. The van der Waals surface area contributed by atoms with Gasteiger partial charge in [-0.3, -0.25) is 19.7 Å². The van der Waals surface area contributed by atoms with Crippen molar-refractivity contribution in [1.82, 2.24) is 50.0 Å². The highest BCUT2D eigenvalue weighted by molar-refractivity contribution is 6.02. The third kappa shape index (κ3) is 8.99. The monoisotopic (exact) mass is 864 g/mol. The van der Waals surface area contributed by atoms with E-state index < -0.39 is 23.6 Å². The van der Waals surface area contributed by atoms with Crippen LogP contribution in [0.15, 0.2) is 35.4 Å². The van der Waals surface area contributed by atoms with E-state index >= 15 is 8.78 Å². The smallest absolute Gasteiger partial charge is 0.249 e. The van der Waals surface area contributed by atoms with Crippen LogP contribution in [0.1, 0.15) is 132 Å². The Bertz CT molecular complexity index is 2470. The number of halogens is 2. The number of nitrogens with two attached hydrogens (primary N) is 1. The summed E-state index contributed by atoms with van der Waals surface area (Å²) >= 11 is 0. The summed E-state index contributed by atoms with van der Waals surface area (Å²) in [6.45, 7) is 7.85. The summed E-state index contributed by atoms with van der Waals surface area (Å²) in [5.74, 6) is -0.0813. The molecular weight excluding hydrogens is 811 g/mol. The zero-order valence-corrected chi connectivity index (χ0v) is 35.8. The van der Waals surface area contributed by atoms with Crippen molar-refractivity contribution in [1.29, 1.82) is 0 Å². The number of hydrogen-bond donors (Lipinski definition) is 3. The zero-order chi connectivity index (χ0) is 43.8. The number of fused-ring (bicyclic) bond motifs is 1. The fourth-order valence-electron chi connectivity index (χ4n) is 9.23. The number of carbonyl (C=O) groups is 3. The Kier molecular flexibility index (Phi) is 12.2. The second-order valence-corrected chi connectivity index (χ2v) is 17.9. The quantitative estimate of drug-likeness (QED) is 0.0706. The predicted molar refractivity (Wildman–Crippen MR) is 230 cm³/mol. The summed E-state index contributed by atoms with van der Waals surface area (Å²) in [4.78, 5) is 59.1. The molecule has 4 aromatic heterocycles. The summed E-state index contributed by atoms with van der Waals surface area (Å²) in [6, 6.07) is 1.82. The molecule has 3 aliphatic heterocycles. The second kappa shape index (κ2) is 18.1. The number of nitrogens with one attached hydrogen (secondary N) is 2. The maximum absolute atomic E-state index is 15.2. The molecule has 4 fully saturated rings. The van der Waals surface area contributed by atoms with Crippen molar-refractivity contribution in [3.8, 4) is 22.8 Å². The van der Waals surface area contributed by atoms with Crippen molar-refractivity contribution in [2.45, 2.75) is 121 Å². The second-order valence-electron chi connectivity index (χ2n) is 17.9. The van der Waals surface area contributed by atoms with Gasteiger partial charge in [-0.15, -0.1) is 0 Å². The van der Waals surface area contributed by atoms with E-state index in [1.165, 1.54) is 18.5 Å². The predicted octanol–water partition coefficient (Wildman–Crippen LogP) is 6.62. The Morgan fingerprint density at radius 1 is 0.905 bits per heavy atom. The normalized spacial score (nSPS) is 18.9. The van der Waals surface area contributed by atoms with Crippen LogP contribution in [0, 0.1) is 11.6 Å². The van der Waals surface area contributed by atoms with Gasteiger partial charge < -0.3 is 25.4 Å². The fraction of sp³-hybridized carbons (Fsp3) is 0.533. The highest BCUT2D eigenvalue weighted by Crippen LogP contribution is 2.48. The molecule has 18 heteroatoms. The van der Waals surface area contributed by atoms with Gasteiger partial charge in [-0.25, -0.2) is 33.4 Å². The third-order valence-corrected chi connectivity index (χ3v) is 13.0. The molecule has 1 atom stereocenters. The molecule has 5 aromatic rings. The highest BCUT2D eigenvalue weighted by Gasteiger charge is 2.37. The van der Waals surface area contributed by atoms with E-state index in [2.05, 4.69) is 30.7 Å². The first kappa shape index (κ1) is 42.4. The first-order valence-electron chi connectivity index (χ1n) is 22.4. The molecule has 332 valence electrons. The molecule has 4 N–H and O–H groups in total. The Labute approximate surface area is 363 Å². The van der Waals surface area contributed by atoms with E-state index in [-0.39, 0.29) is 59.7 Å². The molecule has 7 heterocycles. The molecule has 1 unspecified atom stereocenters. The van der Waals surface area contributed by atoms with E-state index in [9.17, 15) is 14.4 Å². The lowest BCUT2D eigenvalue weighted by molar-refractivity contribution is -0.136. The number of nitrogens with zero attached hydrogens (tertiary/aromatic N) is 9. The van der Waals surface area contributed by atoms with Gasteiger partial charge in [0.05, 0.1) is 10.9 Å². The number of carbonyl (C=O) groups excluding carboxylic acids is 3. The van der Waals surface area contributed by atoms with E-state index in [0.717, 1.165) is 75.9 Å². The molecule has 63 heavy (non-hydrogen) atoms. The number of hydrogen-bond acceptors (Lipinski definition) is 13. The molecule has 1 saturated carbocycles. The SMILES string of the molecule is CC(C)n1nc(-c2noc(C3CC3)c2-c2ncc(C3CN(C(=O)CCCCCCCN4CCC(c5c(F)cc(NC6CCC(=O)NC6=O)cc5F)CC4)C3)cn2)c2c(N)ncnc21. The average Bonchev–Trinajstić information content (AvgIpc) is 3.87. The first-order valence-corrected chi connectivity index (χ1v) is 22.4. The minimum Gasteiger partial charge on any atom is -0.383 e. The maximum atomic E-state index is 15.2. The van der Waals surface area contributed by atoms with E-state index in [0.29, 0.717) is 72.0 Å². The Balaban J connectivity index is 0.689. The number of unbranched alkanes of at least 4 members (excludes halogenated alkanes) is 4. The van der Waals surface area contributed by atoms with E-state index in [1.807, 2.05) is 35.8 Å². The van der Waals surface area contributed by atoms with Crippen LogP contribution < -0.4 is 16.4 Å². The maximum Gasteiger partial charge on any atom is 0.249 e. The Morgan fingerprint density at radius 2 is 1.62 bits per heavy atom. The van der Waals surface area contributed by atoms with Crippen molar-refractivity contribution >= 4 is 40.3 Å². The van der Waals surface area contributed by atoms with Crippen molar-refractivity contribution < 1.29 is 27.7 Å². The van der Waals surface area contributed by atoms with Gasteiger partial charge in [0.1, 0.15) is 41.2 Å². The first-order chi connectivity index (χ1) is 30.5. The minimum absolute atomic E-state index is 0.0291. The van der Waals surface area contributed by atoms with Gasteiger partial charge in [-0.2, -0.15) is 5.10 Å². The van der Waals surface area contributed by atoms with Crippen LogP contribution >= 0.6 is 0 Å². The molecular formula is C45H54F2N12O4. The highest BCUT2D eigenvalue weighted by atomic mass is 19.1. The molecule has 4 aliphatic rings. The van der Waals surface area contributed by atoms with Gasteiger partial charge in [0.2, 0.25) is 17.7 Å². The Morgan fingerprint density at radius 3 is 2.32 bits per heavy atom. The lowest BCUT2D eigenvalue weighted by Crippen LogP contribution is -2.48. The lowest BCUT2D eigenvalue weighted by Gasteiger charge is -2.39.